The van der Waals surface area contributed by atoms with Gasteiger partial charge in [0.2, 0.25) is 5.91 Å². The lowest BCUT2D eigenvalue weighted by atomic mass is 9.67. The average molecular weight is 588 g/mol. The van der Waals surface area contributed by atoms with Gasteiger partial charge in [0, 0.05) is 68.1 Å². The molecule has 9 heteroatoms. The molecule has 0 aromatic heterocycles. The van der Waals surface area contributed by atoms with Gasteiger partial charge >= 0.3 is 0 Å². The molecule has 0 saturated carbocycles. The van der Waals surface area contributed by atoms with Gasteiger partial charge in [-0.1, -0.05) is 36.4 Å². The van der Waals surface area contributed by atoms with Crippen LogP contribution in [0.5, 0.6) is 11.5 Å². The van der Waals surface area contributed by atoms with E-state index in [2.05, 4.69) is 4.90 Å². The Kier molecular flexibility index (Phi) is 8.94. The molecule has 3 aromatic rings. The molecular formula is C34H38FN3O5. The van der Waals surface area contributed by atoms with Crippen LogP contribution in [-0.2, 0) is 4.79 Å². The van der Waals surface area contributed by atoms with Crippen molar-refractivity contribution in [2.75, 3.05) is 46.3 Å². The number of likely N-dealkylation sites (tertiary alicyclic amines) is 1. The predicted molar refractivity (Wildman–Crippen MR) is 161 cm³/mol. The van der Waals surface area contributed by atoms with Gasteiger partial charge in [-0.3, -0.25) is 19.3 Å². The van der Waals surface area contributed by atoms with Crippen molar-refractivity contribution in [3.63, 3.8) is 0 Å². The van der Waals surface area contributed by atoms with E-state index in [0.29, 0.717) is 24.2 Å². The summed E-state index contributed by atoms with van der Waals surface area (Å²) in [5.74, 6) is -3.63. The Morgan fingerprint density at radius 1 is 0.814 bits per heavy atom. The SMILES string of the molecule is Cc1c(F)cccc1C1C(C(=O)c2cccc(O)c2)CN(C(C)C(=O)N2CCN(C)CC2)CC1C(=O)c1cccc(O)c1. The predicted octanol–water partition coefficient (Wildman–Crippen LogP) is 4.11. The number of halogens is 1. The number of likely N-dealkylation sites (N-methyl/N-ethyl adjacent to an activating group) is 1. The fourth-order valence-corrected chi connectivity index (χ4v) is 6.51. The van der Waals surface area contributed by atoms with Crippen LogP contribution in [0.2, 0.25) is 0 Å². The smallest absolute Gasteiger partial charge is 0.239 e. The Labute approximate surface area is 251 Å². The van der Waals surface area contributed by atoms with Crippen LogP contribution >= 0.6 is 0 Å². The molecule has 2 fully saturated rings. The van der Waals surface area contributed by atoms with Gasteiger partial charge in [-0.15, -0.1) is 0 Å². The highest BCUT2D eigenvalue weighted by Gasteiger charge is 2.47. The number of aromatic hydroxyl groups is 2. The standard InChI is InChI=1S/C34H38FN3O5/c1-21-27(11-6-12-30(21)35)31-28(32(41)23-7-4-9-25(39)17-23)19-38(22(2)34(43)37-15-13-36(3)14-16-37)20-29(31)33(42)24-8-5-10-26(40)18-24/h4-12,17-18,22,28-29,31,39-40H,13-16,19-20H2,1-3H3. The molecule has 2 aliphatic rings. The number of phenols is 2. The number of ketones is 2. The lowest BCUT2D eigenvalue weighted by Gasteiger charge is -2.46. The van der Waals surface area contributed by atoms with Crippen molar-refractivity contribution >= 4 is 17.5 Å². The van der Waals surface area contributed by atoms with Crippen molar-refractivity contribution < 1.29 is 29.0 Å². The lowest BCUT2D eigenvalue weighted by molar-refractivity contribution is -0.139. The molecule has 0 spiro atoms. The highest BCUT2D eigenvalue weighted by molar-refractivity contribution is 6.02. The molecule has 226 valence electrons. The maximum atomic E-state index is 15.0. The third-order valence-electron chi connectivity index (χ3n) is 9.05. The number of amides is 1. The summed E-state index contributed by atoms with van der Waals surface area (Å²) in [5, 5.41) is 20.3. The van der Waals surface area contributed by atoms with Crippen molar-refractivity contribution in [1.29, 1.82) is 0 Å². The summed E-state index contributed by atoms with van der Waals surface area (Å²) in [4.78, 5) is 48.2. The molecular weight excluding hydrogens is 549 g/mol. The third-order valence-corrected chi connectivity index (χ3v) is 9.05. The minimum absolute atomic E-state index is 0.0667. The number of carbonyl (C=O) groups excluding carboxylic acids is 3. The number of rotatable bonds is 7. The molecule has 2 N–H and O–H groups in total. The first kappa shape index (κ1) is 30.4. The number of carbonyl (C=O) groups is 3. The highest BCUT2D eigenvalue weighted by atomic mass is 19.1. The van der Waals surface area contributed by atoms with Crippen LogP contribution in [-0.4, -0.2) is 94.7 Å². The summed E-state index contributed by atoms with van der Waals surface area (Å²) in [6, 6.07) is 16.2. The maximum Gasteiger partial charge on any atom is 0.239 e. The second-order valence-corrected chi connectivity index (χ2v) is 11.8. The van der Waals surface area contributed by atoms with E-state index in [1.54, 1.807) is 50.2 Å². The number of nitrogens with zero attached hydrogens (tertiary/aromatic N) is 3. The maximum absolute atomic E-state index is 15.0. The molecule has 3 aromatic carbocycles. The molecule has 2 aliphatic heterocycles. The van der Waals surface area contributed by atoms with E-state index >= 15 is 0 Å². The first-order chi connectivity index (χ1) is 20.5. The van der Waals surface area contributed by atoms with Gasteiger partial charge in [-0.25, -0.2) is 4.39 Å². The fourth-order valence-electron chi connectivity index (χ4n) is 6.51. The van der Waals surface area contributed by atoms with Gasteiger partial charge < -0.3 is 20.0 Å². The Morgan fingerprint density at radius 2 is 1.33 bits per heavy atom. The number of hydrogen-bond acceptors (Lipinski definition) is 7. The quantitative estimate of drug-likeness (QED) is 0.402. The molecule has 2 heterocycles. The zero-order chi connectivity index (χ0) is 30.8. The Hall–Kier alpha value is -4.08. The minimum atomic E-state index is -0.829. The molecule has 2 saturated heterocycles. The van der Waals surface area contributed by atoms with E-state index in [1.807, 2.05) is 16.8 Å². The Balaban J connectivity index is 1.61. The minimum Gasteiger partial charge on any atom is -0.508 e. The van der Waals surface area contributed by atoms with E-state index in [4.69, 9.17) is 0 Å². The van der Waals surface area contributed by atoms with Crippen LogP contribution in [0.4, 0.5) is 4.39 Å². The average Bonchev–Trinajstić information content (AvgIpc) is 3.01. The van der Waals surface area contributed by atoms with Gasteiger partial charge in [0.25, 0.3) is 0 Å². The van der Waals surface area contributed by atoms with E-state index in [0.717, 1.165) is 13.1 Å². The summed E-state index contributed by atoms with van der Waals surface area (Å²) < 4.78 is 15.0. The van der Waals surface area contributed by atoms with Crippen molar-refractivity contribution in [1.82, 2.24) is 14.7 Å². The number of phenolic OH excluding ortho intramolecular Hbond substituents is 2. The van der Waals surface area contributed by atoms with Crippen LogP contribution in [0.15, 0.2) is 66.7 Å². The van der Waals surface area contributed by atoms with E-state index in [9.17, 15) is 29.0 Å². The number of piperazine rings is 1. The largest absolute Gasteiger partial charge is 0.508 e. The zero-order valence-corrected chi connectivity index (χ0v) is 24.7. The summed E-state index contributed by atoms with van der Waals surface area (Å²) in [5.41, 5.74) is 1.44. The molecule has 8 nitrogen and oxygen atoms in total. The normalized spacial score (nSPS) is 22.2. The van der Waals surface area contributed by atoms with E-state index in [1.165, 1.54) is 30.3 Å². The van der Waals surface area contributed by atoms with Gasteiger partial charge in [0.1, 0.15) is 17.3 Å². The lowest BCUT2D eigenvalue weighted by Crippen LogP contribution is -2.58. The summed E-state index contributed by atoms with van der Waals surface area (Å²) >= 11 is 0. The first-order valence-electron chi connectivity index (χ1n) is 14.7. The third kappa shape index (κ3) is 6.33. The van der Waals surface area contributed by atoms with Crippen molar-refractivity contribution in [2.45, 2.75) is 25.8 Å². The second kappa shape index (κ2) is 12.7. The highest BCUT2D eigenvalue weighted by Crippen LogP contribution is 2.43. The number of Topliss-reactive ketones (excluding diaryl/α,β-unsaturated/α-hetero) is 2. The monoisotopic (exact) mass is 587 g/mol. The Morgan fingerprint density at radius 3 is 1.84 bits per heavy atom. The number of piperidine rings is 1. The molecule has 1 amide bonds. The molecule has 43 heavy (non-hydrogen) atoms. The van der Waals surface area contributed by atoms with Crippen LogP contribution in [0, 0.1) is 24.6 Å². The van der Waals surface area contributed by atoms with Gasteiger partial charge in [-0.05, 0) is 62.4 Å². The Bertz CT molecular complexity index is 1450. The van der Waals surface area contributed by atoms with Crippen molar-refractivity contribution in [2.24, 2.45) is 11.8 Å². The van der Waals surface area contributed by atoms with E-state index in [-0.39, 0.29) is 53.2 Å². The number of hydrogen-bond donors (Lipinski definition) is 2. The molecule has 5 rings (SSSR count). The van der Waals surface area contributed by atoms with Gasteiger partial charge in [0.15, 0.2) is 11.6 Å². The molecule has 0 bridgehead atoms. The first-order valence-corrected chi connectivity index (χ1v) is 14.7. The van der Waals surface area contributed by atoms with E-state index < -0.39 is 29.6 Å². The van der Waals surface area contributed by atoms with Crippen LogP contribution in [0.3, 0.4) is 0 Å². The zero-order valence-electron chi connectivity index (χ0n) is 24.7. The van der Waals surface area contributed by atoms with Gasteiger partial charge in [0.05, 0.1) is 6.04 Å². The second-order valence-electron chi connectivity index (χ2n) is 11.8. The fraction of sp³-hybridized carbons (Fsp3) is 0.382. The topological polar surface area (TPSA) is 101 Å². The summed E-state index contributed by atoms with van der Waals surface area (Å²) in [6.45, 7) is 6.49. The van der Waals surface area contributed by atoms with Crippen LogP contribution < -0.4 is 0 Å². The summed E-state index contributed by atoms with van der Waals surface area (Å²) in [7, 11) is 2.01. The molecule has 0 aliphatic carbocycles. The van der Waals surface area contributed by atoms with Crippen molar-refractivity contribution in [3.8, 4) is 11.5 Å². The van der Waals surface area contributed by atoms with Gasteiger partial charge in [-0.2, -0.15) is 0 Å². The molecule has 3 unspecified atom stereocenters. The summed E-state index contributed by atoms with van der Waals surface area (Å²) in [6.07, 6.45) is 0. The van der Waals surface area contributed by atoms with Crippen LogP contribution in [0.25, 0.3) is 0 Å². The van der Waals surface area contributed by atoms with Crippen LogP contribution in [0.1, 0.15) is 44.7 Å². The molecule has 3 atom stereocenters. The molecule has 0 radical (unpaired) electrons. The number of benzene rings is 3. The van der Waals surface area contributed by atoms with Crippen molar-refractivity contribution in [3.05, 3.63) is 94.8 Å².